The third-order valence-electron chi connectivity index (χ3n) is 4.54. The summed E-state index contributed by atoms with van der Waals surface area (Å²) in [5.74, 6) is 1.77. The molecule has 2 atom stereocenters. The monoisotopic (exact) mass is 312 g/mol. The smallest absolute Gasteiger partial charge is 0.231 e. The van der Waals surface area contributed by atoms with Crippen LogP contribution in [-0.4, -0.2) is 43.9 Å². The van der Waals surface area contributed by atoms with E-state index in [2.05, 4.69) is 36.3 Å². The van der Waals surface area contributed by atoms with Gasteiger partial charge in [0.15, 0.2) is 11.5 Å². The van der Waals surface area contributed by atoms with Crippen molar-refractivity contribution in [2.75, 3.05) is 26.9 Å². The summed E-state index contributed by atoms with van der Waals surface area (Å²) in [5, 5.41) is 3.38. The van der Waals surface area contributed by atoms with Gasteiger partial charge in [0, 0.05) is 25.2 Å². The van der Waals surface area contributed by atoms with Crippen molar-refractivity contribution in [2.45, 2.75) is 38.3 Å². The largest absolute Gasteiger partial charge is 0.454 e. The molecule has 0 bridgehead atoms. The number of nitrogens with zero attached hydrogens (tertiary/aromatic N) is 1. The summed E-state index contributed by atoms with van der Waals surface area (Å²) in [5.41, 5.74) is 1.34. The van der Waals surface area contributed by atoms with Crippen LogP contribution in [0.5, 0.6) is 11.5 Å². The van der Waals surface area contributed by atoms with Gasteiger partial charge >= 0.3 is 0 Å². The molecular formula is C16H25ClN2O2. The van der Waals surface area contributed by atoms with Crippen LogP contribution < -0.4 is 14.8 Å². The molecule has 1 aromatic carbocycles. The van der Waals surface area contributed by atoms with Crippen LogP contribution in [0.1, 0.15) is 25.3 Å². The van der Waals surface area contributed by atoms with Crippen LogP contribution in [0.2, 0.25) is 0 Å². The highest BCUT2D eigenvalue weighted by Gasteiger charge is 2.24. The van der Waals surface area contributed by atoms with Gasteiger partial charge in [0.05, 0.1) is 0 Å². The molecule has 1 N–H and O–H groups in total. The van der Waals surface area contributed by atoms with Crippen LogP contribution in [0.25, 0.3) is 0 Å². The molecule has 2 heterocycles. The Morgan fingerprint density at radius 2 is 2.14 bits per heavy atom. The zero-order chi connectivity index (χ0) is 13.9. The van der Waals surface area contributed by atoms with Crippen molar-refractivity contribution in [3.05, 3.63) is 23.8 Å². The summed E-state index contributed by atoms with van der Waals surface area (Å²) >= 11 is 0. The van der Waals surface area contributed by atoms with Crippen molar-refractivity contribution in [3.63, 3.8) is 0 Å². The molecule has 0 radical (unpaired) electrons. The molecule has 0 amide bonds. The summed E-state index contributed by atoms with van der Waals surface area (Å²) in [6.07, 6.45) is 3.56. The fourth-order valence-corrected chi connectivity index (χ4v) is 3.08. The molecule has 4 nitrogen and oxygen atoms in total. The first kappa shape index (κ1) is 16.4. The zero-order valence-electron chi connectivity index (χ0n) is 12.8. The van der Waals surface area contributed by atoms with Gasteiger partial charge < -0.3 is 14.8 Å². The van der Waals surface area contributed by atoms with E-state index in [9.17, 15) is 0 Å². The summed E-state index contributed by atoms with van der Waals surface area (Å²) in [7, 11) is 2.06. The molecule has 21 heavy (non-hydrogen) atoms. The van der Waals surface area contributed by atoms with E-state index in [1.807, 2.05) is 6.07 Å². The van der Waals surface area contributed by atoms with Crippen molar-refractivity contribution in [2.24, 2.45) is 0 Å². The number of nitrogens with one attached hydrogen (secondary N) is 1. The van der Waals surface area contributed by atoms with Gasteiger partial charge in [-0.3, -0.25) is 4.90 Å². The van der Waals surface area contributed by atoms with Crippen molar-refractivity contribution in [3.8, 4) is 11.5 Å². The van der Waals surface area contributed by atoms with Crippen LogP contribution in [0.3, 0.4) is 0 Å². The minimum Gasteiger partial charge on any atom is -0.454 e. The maximum atomic E-state index is 5.43. The lowest BCUT2D eigenvalue weighted by Crippen LogP contribution is -2.35. The number of likely N-dealkylation sites (tertiary alicyclic amines) is 1. The molecule has 5 heteroatoms. The molecule has 2 unspecified atom stereocenters. The number of halogens is 1. The highest BCUT2D eigenvalue weighted by atomic mass is 35.5. The fourth-order valence-electron chi connectivity index (χ4n) is 3.08. The molecule has 2 aliphatic rings. The van der Waals surface area contributed by atoms with E-state index in [1.165, 1.54) is 31.5 Å². The maximum Gasteiger partial charge on any atom is 0.231 e. The molecule has 1 aromatic rings. The maximum absolute atomic E-state index is 5.43. The van der Waals surface area contributed by atoms with Crippen LogP contribution in [-0.2, 0) is 6.42 Å². The van der Waals surface area contributed by atoms with Crippen molar-refractivity contribution in [1.29, 1.82) is 0 Å². The average molecular weight is 313 g/mol. The first-order valence-electron chi connectivity index (χ1n) is 7.56. The Labute approximate surface area is 133 Å². The molecule has 0 spiro atoms. The third kappa shape index (κ3) is 3.82. The zero-order valence-corrected chi connectivity index (χ0v) is 13.6. The Morgan fingerprint density at radius 1 is 1.33 bits per heavy atom. The van der Waals surface area contributed by atoms with E-state index in [0.29, 0.717) is 18.9 Å². The summed E-state index contributed by atoms with van der Waals surface area (Å²) < 4.78 is 10.8. The quantitative estimate of drug-likeness (QED) is 0.905. The minimum atomic E-state index is 0. The molecule has 1 saturated heterocycles. The molecule has 1 fully saturated rings. The lowest BCUT2D eigenvalue weighted by Gasteiger charge is -2.24. The Hall–Kier alpha value is -0.970. The second kappa shape index (κ2) is 7.34. The van der Waals surface area contributed by atoms with Gasteiger partial charge in [0.1, 0.15) is 0 Å². The predicted molar refractivity (Wildman–Crippen MR) is 86.6 cm³/mol. The molecule has 3 rings (SSSR count). The molecular weight excluding hydrogens is 288 g/mol. The van der Waals surface area contributed by atoms with E-state index in [4.69, 9.17) is 9.47 Å². The van der Waals surface area contributed by atoms with Crippen molar-refractivity contribution < 1.29 is 9.47 Å². The highest BCUT2D eigenvalue weighted by molar-refractivity contribution is 5.85. The lowest BCUT2D eigenvalue weighted by atomic mass is 10.0. The van der Waals surface area contributed by atoms with Gasteiger partial charge in [-0.2, -0.15) is 0 Å². The van der Waals surface area contributed by atoms with E-state index < -0.39 is 0 Å². The van der Waals surface area contributed by atoms with Gasteiger partial charge in [0.25, 0.3) is 0 Å². The van der Waals surface area contributed by atoms with Crippen LogP contribution in [0, 0.1) is 0 Å². The van der Waals surface area contributed by atoms with Crippen molar-refractivity contribution in [1.82, 2.24) is 10.2 Å². The first-order valence-corrected chi connectivity index (χ1v) is 7.56. The number of benzene rings is 1. The van der Waals surface area contributed by atoms with E-state index in [-0.39, 0.29) is 12.4 Å². The molecule has 118 valence electrons. The number of fused-ring (bicyclic) bond motifs is 1. The molecule has 0 aromatic heterocycles. The van der Waals surface area contributed by atoms with Crippen LogP contribution in [0.4, 0.5) is 0 Å². The number of hydrogen-bond acceptors (Lipinski definition) is 4. The number of hydrogen-bond donors (Lipinski definition) is 1. The Kier molecular flexibility index (Phi) is 5.73. The van der Waals surface area contributed by atoms with Crippen LogP contribution in [0.15, 0.2) is 18.2 Å². The summed E-state index contributed by atoms with van der Waals surface area (Å²) in [6.45, 7) is 5.09. The number of aryl methyl sites for hydroxylation is 1. The fraction of sp³-hybridized carbons (Fsp3) is 0.625. The van der Waals surface area contributed by atoms with E-state index in [1.54, 1.807) is 0 Å². The highest BCUT2D eigenvalue weighted by Crippen LogP contribution is 2.33. The Morgan fingerprint density at radius 3 is 2.90 bits per heavy atom. The SMILES string of the molecule is CNC1CCN(C(C)CCc2ccc3c(c2)OCO3)C1.Cl. The Balaban J connectivity index is 0.00000161. The van der Waals surface area contributed by atoms with E-state index in [0.717, 1.165) is 17.9 Å². The minimum absolute atomic E-state index is 0. The summed E-state index contributed by atoms with van der Waals surface area (Å²) in [4.78, 5) is 2.59. The molecule has 0 aliphatic carbocycles. The topological polar surface area (TPSA) is 33.7 Å². The summed E-state index contributed by atoms with van der Waals surface area (Å²) in [6, 6.07) is 7.60. The van der Waals surface area contributed by atoms with Gasteiger partial charge in [-0.25, -0.2) is 0 Å². The van der Waals surface area contributed by atoms with Crippen molar-refractivity contribution >= 4 is 12.4 Å². The lowest BCUT2D eigenvalue weighted by molar-refractivity contribution is 0.174. The Bertz CT molecular complexity index is 470. The van der Waals surface area contributed by atoms with Gasteiger partial charge in [0.2, 0.25) is 6.79 Å². The average Bonchev–Trinajstić information content (AvgIpc) is 3.12. The number of likely N-dealkylation sites (N-methyl/N-ethyl adjacent to an activating group) is 1. The standard InChI is InChI=1S/C16H24N2O2.ClH/c1-12(18-8-7-14(10-18)17-2)3-4-13-5-6-15-16(9-13)20-11-19-15;/h5-6,9,12,14,17H,3-4,7-8,10-11H2,1-2H3;1H. The predicted octanol–water partition coefficient (Wildman–Crippen LogP) is 2.45. The number of ether oxygens (including phenoxy) is 2. The molecule has 0 saturated carbocycles. The van der Waals surface area contributed by atoms with Gasteiger partial charge in [-0.05, 0) is 50.9 Å². The van der Waals surface area contributed by atoms with Gasteiger partial charge in [-0.1, -0.05) is 6.07 Å². The molecule has 2 aliphatic heterocycles. The second-order valence-electron chi connectivity index (χ2n) is 5.84. The van der Waals surface area contributed by atoms with Crippen LogP contribution >= 0.6 is 12.4 Å². The number of rotatable bonds is 5. The van der Waals surface area contributed by atoms with E-state index >= 15 is 0 Å². The van der Waals surface area contributed by atoms with Gasteiger partial charge in [-0.15, -0.1) is 12.4 Å². The normalized spacial score (nSPS) is 22.1. The first-order chi connectivity index (χ1) is 9.76. The third-order valence-corrected chi connectivity index (χ3v) is 4.54. The second-order valence-corrected chi connectivity index (χ2v) is 5.84.